The monoisotopic (exact) mass is 217 g/mol. The Kier molecular flexibility index (Phi) is 4.10. The number of hydrogen-bond acceptors (Lipinski definition) is 4. The van der Waals surface area contributed by atoms with Crippen molar-refractivity contribution in [2.75, 3.05) is 31.3 Å². The molecule has 82 valence electrons. The standard InChI is InChI=1S/C10H19NO2S/c11-9(5-8-1-2-12-6-8)10-7-14-4-3-13-10/h8-10H,1-7,11H2. The topological polar surface area (TPSA) is 44.5 Å². The molecule has 2 rings (SSSR count). The van der Waals surface area contributed by atoms with Crippen molar-refractivity contribution in [1.82, 2.24) is 0 Å². The fourth-order valence-electron chi connectivity index (χ4n) is 2.06. The molecule has 4 heteroatoms. The lowest BCUT2D eigenvalue weighted by Crippen LogP contribution is -2.42. The van der Waals surface area contributed by atoms with E-state index in [1.165, 1.54) is 6.42 Å². The van der Waals surface area contributed by atoms with Crippen LogP contribution in [0.15, 0.2) is 0 Å². The summed E-state index contributed by atoms with van der Waals surface area (Å²) in [6.45, 7) is 2.68. The molecular weight excluding hydrogens is 198 g/mol. The first-order valence-electron chi connectivity index (χ1n) is 5.39. The molecule has 3 unspecified atom stereocenters. The van der Waals surface area contributed by atoms with Crippen LogP contribution < -0.4 is 5.73 Å². The first-order valence-corrected chi connectivity index (χ1v) is 6.54. The predicted molar refractivity (Wildman–Crippen MR) is 58.6 cm³/mol. The van der Waals surface area contributed by atoms with E-state index in [4.69, 9.17) is 15.2 Å². The lowest BCUT2D eigenvalue weighted by molar-refractivity contribution is 0.0501. The largest absolute Gasteiger partial charge is 0.381 e. The zero-order valence-corrected chi connectivity index (χ0v) is 9.30. The van der Waals surface area contributed by atoms with Gasteiger partial charge in [-0.25, -0.2) is 0 Å². The Morgan fingerprint density at radius 2 is 2.36 bits per heavy atom. The summed E-state index contributed by atoms with van der Waals surface area (Å²) in [6, 6.07) is 0.203. The summed E-state index contributed by atoms with van der Waals surface area (Å²) >= 11 is 1.95. The number of ether oxygens (including phenoxy) is 2. The van der Waals surface area contributed by atoms with Crippen LogP contribution in [0.2, 0.25) is 0 Å². The molecule has 0 radical (unpaired) electrons. The van der Waals surface area contributed by atoms with Crippen LogP contribution in [0, 0.1) is 5.92 Å². The highest BCUT2D eigenvalue weighted by Crippen LogP contribution is 2.22. The highest BCUT2D eigenvalue weighted by Gasteiger charge is 2.26. The molecule has 0 spiro atoms. The van der Waals surface area contributed by atoms with E-state index in [1.54, 1.807) is 0 Å². The SMILES string of the molecule is NC(CC1CCOC1)C1CSCCO1. The van der Waals surface area contributed by atoms with Crippen molar-refractivity contribution < 1.29 is 9.47 Å². The van der Waals surface area contributed by atoms with Gasteiger partial charge in [-0.3, -0.25) is 0 Å². The molecule has 2 heterocycles. The molecule has 0 aromatic carbocycles. The fourth-order valence-corrected chi connectivity index (χ4v) is 3.02. The Balaban J connectivity index is 1.72. The summed E-state index contributed by atoms with van der Waals surface area (Å²) in [4.78, 5) is 0. The first-order chi connectivity index (χ1) is 6.86. The van der Waals surface area contributed by atoms with Crippen LogP contribution in [0.4, 0.5) is 0 Å². The Labute approximate surface area is 89.7 Å². The second kappa shape index (κ2) is 5.35. The van der Waals surface area contributed by atoms with Crippen molar-refractivity contribution >= 4 is 11.8 Å². The molecular formula is C10H19NO2S. The maximum Gasteiger partial charge on any atom is 0.0816 e. The molecule has 0 aromatic heterocycles. The Morgan fingerprint density at radius 3 is 3.00 bits per heavy atom. The van der Waals surface area contributed by atoms with Gasteiger partial charge >= 0.3 is 0 Å². The van der Waals surface area contributed by atoms with Crippen molar-refractivity contribution in [3.05, 3.63) is 0 Å². The second-order valence-electron chi connectivity index (χ2n) is 4.11. The Hall–Kier alpha value is 0.230. The van der Waals surface area contributed by atoms with Gasteiger partial charge < -0.3 is 15.2 Å². The minimum atomic E-state index is 0.203. The van der Waals surface area contributed by atoms with Crippen molar-refractivity contribution in [2.24, 2.45) is 11.7 Å². The van der Waals surface area contributed by atoms with E-state index >= 15 is 0 Å². The molecule has 2 saturated heterocycles. The Morgan fingerprint density at radius 1 is 1.43 bits per heavy atom. The molecule has 2 aliphatic rings. The molecule has 2 fully saturated rings. The third kappa shape index (κ3) is 2.86. The van der Waals surface area contributed by atoms with E-state index in [0.29, 0.717) is 5.92 Å². The summed E-state index contributed by atoms with van der Waals surface area (Å²) in [5.41, 5.74) is 6.13. The molecule has 2 N–H and O–H groups in total. The zero-order valence-electron chi connectivity index (χ0n) is 8.48. The van der Waals surface area contributed by atoms with Gasteiger partial charge in [-0.05, 0) is 18.8 Å². The minimum Gasteiger partial charge on any atom is -0.381 e. The third-order valence-corrected chi connectivity index (χ3v) is 3.97. The molecule has 0 saturated carbocycles. The predicted octanol–water partition coefficient (Wildman–Crippen LogP) is 0.872. The fraction of sp³-hybridized carbons (Fsp3) is 1.00. The molecule has 14 heavy (non-hydrogen) atoms. The lowest BCUT2D eigenvalue weighted by Gasteiger charge is -2.28. The van der Waals surface area contributed by atoms with Gasteiger partial charge in [-0.1, -0.05) is 0 Å². The van der Waals surface area contributed by atoms with Gasteiger partial charge in [0.2, 0.25) is 0 Å². The van der Waals surface area contributed by atoms with E-state index in [2.05, 4.69) is 0 Å². The summed E-state index contributed by atoms with van der Waals surface area (Å²) < 4.78 is 11.0. The summed E-state index contributed by atoms with van der Waals surface area (Å²) in [5.74, 6) is 2.85. The van der Waals surface area contributed by atoms with Crippen molar-refractivity contribution in [1.29, 1.82) is 0 Å². The molecule has 3 nitrogen and oxygen atoms in total. The number of nitrogens with two attached hydrogens (primary N) is 1. The van der Waals surface area contributed by atoms with Crippen LogP contribution in [-0.2, 0) is 9.47 Å². The van der Waals surface area contributed by atoms with E-state index in [1.807, 2.05) is 11.8 Å². The minimum absolute atomic E-state index is 0.203. The van der Waals surface area contributed by atoms with Crippen molar-refractivity contribution in [3.8, 4) is 0 Å². The normalized spacial score (nSPS) is 35.8. The lowest BCUT2D eigenvalue weighted by atomic mass is 9.97. The van der Waals surface area contributed by atoms with E-state index in [0.717, 1.165) is 37.7 Å². The zero-order chi connectivity index (χ0) is 9.80. The van der Waals surface area contributed by atoms with Gasteiger partial charge in [0.1, 0.15) is 0 Å². The smallest absolute Gasteiger partial charge is 0.0816 e. The van der Waals surface area contributed by atoms with Crippen molar-refractivity contribution in [3.63, 3.8) is 0 Å². The molecule has 3 atom stereocenters. The maximum atomic E-state index is 6.13. The quantitative estimate of drug-likeness (QED) is 0.762. The first kappa shape index (κ1) is 10.7. The van der Waals surface area contributed by atoms with Crippen LogP contribution in [0.5, 0.6) is 0 Å². The highest BCUT2D eigenvalue weighted by atomic mass is 32.2. The molecule has 0 bridgehead atoms. The van der Waals surface area contributed by atoms with Crippen LogP contribution >= 0.6 is 11.8 Å². The second-order valence-corrected chi connectivity index (χ2v) is 5.26. The highest BCUT2D eigenvalue weighted by molar-refractivity contribution is 7.99. The van der Waals surface area contributed by atoms with E-state index in [-0.39, 0.29) is 12.1 Å². The van der Waals surface area contributed by atoms with E-state index < -0.39 is 0 Å². The molecule has 2 aliphatic heterocycles. The van der Waals surface area contributed by atoms with Gasteiger partial charge in [0.25, 0.3) is 0 Å². The molecule has 0 amide bonds. The molecule has 0 aromatic rings. The average Bonchev–Trinajstić information content (AvgIpc) is 2.72. The van der Waals surface area contributed by atoms with Crippen LogP contribution in [0.3, 0.4) is 0 Å². The van der Waals surface area contributed by atoms with E-state index in [9.17, 15) is 0 Å². The third-order valence-electron chi connectivity index (χ3n) is 2.95. The average molecular weight is 217 g/mol. The van der Waals surface area contributed by atoms with Gasteiger partial charge in [0.05, 0.1) is 12.7 Å². The van der Waals surface area contributed by atoms with Gasteiger partial charge in [-0.2, -0.15) is 11.8 Å². The molecule has 0 aliphatic carbocycles. The van der Waals surface area contributed by atoms with Crippen LogP contribution in [0.1, 0.15) is 12.8 Å². The number of rotatable bonds is 3. The summed E-state index contributed by atoms with van der Waals surface area (Å²) in [6.07, 6.45) is 2.51. The summed E-state index contributed by atoms with van der Waals surface area (Å²) in [5, 5.41) is 0. The Bertz CT molecular complexity index is 168. The van der Waals surface area contributed by atoms with Crippen LogP contribution in [0.25, 0.3) is 0 Å². The number of hydrogen-bond donors (Lipinski definition) is 1. The number of thioether (sulfide) groups is 1. The summed E-state index contributed by atoms with van der Waals surface area (Å²) in [7, 11) is 0. The van der Waals surface area contributed by atoms with Crippen molar-refractivity contribution in [2.45, 2.75) is 25.0 Å². The van der Waals surface area contributed by atoms with Gasteiger partial charge in [-0.15, -0.1) is 0 Å². The van der Waals surface area contributed by atoms with Crippen LogP contribution in [-0.4, -0.2) is 43.5 Å². The maximum absolute atomic E-state index is 6.13. The van der Waals surface area contributed by atoms with Gasteiger partial charge in [0.15, 0.2) is 0 Å². The van der Waals surface area contributed by atoms with Gasteiger partial charge in [0, 0.05) is 30.8 Å².